The topological polar surface area (TPSA) is 44.2 Å². The molecule has 0 atom stereocenters. The van der Waals surface area contributed by atoms with Crippen LogP contribution in [0.25, 0.3) is 10.9 Å². The Morgan fingerprint density at radius 2 is 2.00 bits per heavy atom. The van der Waals surface area contributed by atoms with E-state index in [9.17, 15) is 0 Å². The van der Waals surface area contributed by atoms with Crippen LogP contribution in [-0.4, -0.2) is 24.2 Å². The largest absolute Gasteiger partial charge is 0.497 e. The molecule has 14 heavy (non-hydrogen) atoms. The maximum absolute atomic E-state index is 5.21. The van der Waals surface area contributed by atoms with Gasteiger partial charge in [-0.1, -0.05) is 0 Å². The number of hydrogen-bond acceptors (Lipinski definition) is 4. The normalized spacial score (nSPS) is 10.1. The Hall–Kier alpha value is -1.84. The lowest BCUT2D eigenvalue weighted by Crippen LogP contribution is -1.90. The number of rotatable bonds is 2. The van der Waals surface area contributed by atoms with Gasteiger partial charge < -0.3 is 9.47 Å². The number of nitrogens with zero attached hydrogens (tertiary/aromatic N) is 2. The van der Waals surface area contributed by atoms with E-state index in [1.54, 1.807) is 20.4 Å². The molecule has 0 radical (unpaired) electrons. The van der Waals surface area contributed by atoms with Crippen molar-refractivity contribution in [3.05, 3.63) is 24.7 Å². The zero-order valence-electron chi connectivity index (χ0n) is 8.02. The summed E-state index contributed by atoms with van der Waals surface area (Å²) >= 11 is 0. The Balaban J connectivity index is 2.73. The molecule has 2 aromatic rings. The van der Waals surface area contributed by atoms with Crippen LogP contribution in [0.5, 0.6) is 11.5 Å². The highest BCUT2D eigenvalue weighted by atomic mass is 16.5. The van der Waals surface area contributed by atoms with Crippen LogP contribution >= 0.6 is 0 Å². The molecule has 0 unspecified atom stereocenters. The maximum Gasteiger partial charge on any atom is 0.133 e. The number of fused-ring (bicyclic) bond motifs is 1. The van der Waals surface area contributed by atoms with Crippen LogP contribution in [0.1, 0.15) is 0 Å². The number of ether oxygens (including phenoxy) is 2. The fourth-order valence-corrected chi connectivity index (χ4v) is 1.31. The smallest absolute Gasteiger partial charge is 0.133 e. The van der Waals surface area contributed by atoms with Crippen molar-refractivity contribution in [2.75, 3.05) is 14.2 Å². The SMILES string of the molecule is COc1cc(OC)c2cncnc2c1. The van der Waals surface area contributed by atoms with Crippen LogP contribution in [0.15, 0.2) is 24.7 Å². The van der Waals surface area contributed by atoms with Gasteiger partial charge >= 0.3 is 0 Å². The lowest BCUT2D eigenvalue weighted by molar-refractivity contribution is 0.397. The second-order valence-electron chi connectivity index (χ2n) is 2.79. The summed E-state index contributed by atoms with van der Waals surface area (Å²) < 4.78 is 10.3. The predicted octanol–water partition coefficient (Wildman–Crippen LogP) is 1.65. The number of benzene rings is 1. The van der Waals surface area contributed by atoms with Crippen molar-refractivity contribution in [1.29, 1.82) is 0 Å². The van der Waals surface area contributed by atoms with Crippen molar-refractivity contribution in [2.24, 2.45) is 0 Å². The Labute approximate surface area is 81.5 Å². The lowest BCUT2D eigenvalue weighted by Gasteiger charge is -2.06. The summed E-state index contributed by atoms with van der Waals surface area (Å²) in [6.45, 7) is 0. The van der Waals surface area contributed by atoms with Crippen LogP contribution in [0.4, 0.5) is 0 Å². The first-order chi connectivity index (χ1) is 6.85. The molecule has 4 nitrogen and oxygen atoms in total. The summed E-state index contributed by atoms with van der Waals surface area (Å²) in [4.78, 5) is 8.07. The Bertz CT molecular complexity index is 457. The highest BCUT2D eigenvalue weighted by molar-refractivity contribution is 5.85. The van der Waals surface area contributed by atoms with Crippen LogP contribution in [-0.2, 0) is 0 Å². The Morgan fingerprint density at radius 1 is 1.14 bits per heavy atom. The second kappa shape index (κ2) is 3.49. The van der Waals surface area contributed by atoms with E-state index in [4.69, 9.17) is 9.47 Å². The Kier molecular flexibility index (Phi) is 2.18. The molecule has 0 aliphatic rings. The number of aromatic nitrogens is 2. The molecule has 1 aromatic carbocycles. The van der Waals surface area contributed by atoms with E-state index < -0.39 is 0 Å². The average Bonchev–Trinajstić information content (AvgIpc) is 2.27. The van der Waals surface area contributed by atoms with Gasteiger partial charge in [0.05, 0.1) is 25.1 Å². The van der Waals surface area contributed by atoms with Gasteiger partial charge in [-0.25, -0.2) is 9.97 Å². The third kappa shape index (κ3) is 1.35. The third-order valence-electron chi connectivity index (χ3n) is 2.02. The molecule has 0 amide bonds. The highest BCUT2D eigenvalue weighted by Gasteiger charge is 2.05. The zero-order chi connectivity index (χ0) is 9.97. The van der Waals surface area contributed by atoms with Gasteiger partial charge in [0.25, 0.3) is 0 Å². The van der Waals surface area contributed by atoms with E-state index in [2.05, 4.69) is 9.97 Å². The second-order valence-corrected chi connectivity index (χ2v) is 2.79. The quantitative estimate of drug-likeness (QED) is 0.722. The molecule has 72 valence electrons. The van der Waals surface area contributed by atoms with E-state index >= 15 is 0 Å². The first kappa shape index (κ1) is 8.74. The van der Waals surface area contributed by atoms with Gasteiger partial charge in [0.2, 0.25) is 0 Å². The minimum atomic E-state index is 0.722. The fraction of sp³-hybridized carbons (Fsp3) is 0.200. The van der Waals surface area contributed by atoms with E-state index in [-0.39, 0.29) is 0 Å². The van der Waals surface area contributed by atoms with Crippen molar-refractivity contribution in [3.8, 4) is 11.5 Å². The number of methoxy groups -OCH3 is 2. The average molecular weight is 190 g/mol. The predicted molar refractivity (Wildman–Crippen MR) is 52.6 cm³/mol. The summed E-state index contributed by atoms with van der Waals surface area (Å²) in [5.74, 6) is 1.45. The molecule has 0 spiro atoms. The van der Waals surface area contributed by atoms with E-state index in [1.807, 2.05) is 12.1 Å². The van der Waals surface area contributed by atoms with Gasteiger partial charge in [0.1, 0.15) is 17.8 Å². The fourth-order valence-electron chi connectivity index (χ4n) is 1.31. The van der Waals surface area contributed by atoms with E-state index in [0.29, 0.717) is 0 Å². The molecule has 0 bridgehead atoms. The van der Waals surface area contributed by atoms with Crippen molar-refractivity contribution in [1.82, 2.24) is 9.97 Å². The van der Waals surface area contributed by atoms with Crippen LogP contribution in [0.3, 0.4) is 0 Å². The molecular weight excluding hydrogens is 180 g/mol. The summed E-state index contributed by atoms with van der Waals surface area (Å²) in [6.07, 6.45) is 3.22. The van der Waals surface area contributed by atoms with Crippen molar-refractivity contribution < 1.29 is 9.47 Å². The summed E-state index contributed by atoms with van der Waals surface area (Å²) in [6, 6.07) is 3.66. The molecule has 0 saturated carbocycles. The first-order valence-corrected chi connectivity index (χ1v) is 4.17. The van der Waals surface area contributed by atoms with E-state index in [1.165, 1.54) is 6.33 Å². The van der Waals surface area contributed by atoms with Gasteiger partial charge in [0.15, 0.2) is 0 Å². The van der Waals surface area contributed by atoms with Crippen LogP contribution < -0.4 is 9.47 Å². The van der Waals surface area contributed by atoms with Crippen molar-refractivity contribution in [2.45, 2.75) is 0 Å². The first-order valence-electron chi connectivity index (χ1n) is 4.17. The third-order valence-corrected chi connectivity index (χ3v) is 2.02. The summed E-state index contributed by atoms with van der Waals surface area (Å²) in [7, 11) is 3.23. The van der Waals surface area contributed by atoms with Crippen molar-refractivity contribution in [3.63, 3.8) is 0 Å². The van der Waals surface area contributed by atoms with Gasteiger partial charge in [-0.3, -0.25) is 0 Å². The van der Waals surface area contributed by atoms with Crippen molar-refractivity contribution >= 4 is 10.9 Å². The molecular formula is C10H10N2O2. The minimum absolute atomic E-state index is 0.722. The molecule has 0 aliphatic heterocycles. The lowest BCUT2D eigenvalue weighted by atomic mass is 10.2. The highest BCUT2D eigenvalue weighted by Crippen LogP contribution is 2.28. The molecule has 0 N–H and O–H groups in total. The van der Waals surface area contributed by atoms with Gasteiger partial charge in [-0.05, 0) is 0 Å². The molecule has 1 aromatic heterocycles. The van der Waals surface area contributed by atoms with E-state index in [0.717, 1.165) is 22.4 Å². The molecule has 0 saturated heterocycles. The zero-order valence-corrected chi connectivity index (χ0v) is 8.02. The maximum atomic E-state index is 5.21. The van der Waals surface area contributed by atoms with Gasteiger partial charge in [-0.15, -0.1) is 0 Å². The van der Waals surface area contributed by atoms with Crippen LogP contribution in [0.2, 0.25) is 0 Å². The summed E-state index contributed by atoms with van der Waals surface area (Å²) in [5, 5.41) is 0.885. The van der Waals surface area contributed by atoms with Gasteiger partial charge in [-0.2, -0.15) is 0 Å². The monoisotopic (exact) mass is 190 g/mol. The molecule has 1 heterocycles. The molecule has 0 fully saturated rings. The summed E-state index contributed by atoms with van der Waals surface area (Å²) in [5.41, 5.74) is 0.816. The number of hydrogen-bond donors (Lipinski definition) is 0. The molecule has 4 heteroatoms. The van der Waals surface area contributed by atoms with Crippen LogP contribution in [0, 0.1) is 0 Å². The standard InChI is InChI=1S/C10H10N2O2/c1-13-7-3-9-8(5-11-6-12-9)10(4-7)14-2/h3-6H,1-2H3. The minimum Gasteiger partial charge on any atom is -0.497 e. The Morgan fingerprint density at radius 3 is 2.71 bits per heavy atom. The van der Waals surface area contributed by atoms with Gasteiger partial charge in [0, 0.05) is 18.3 Å². The molecule has 2 rings (SSSR count). The molecule has 0 aliphatic carbocycles.